The number of halogens is 1. The van der Waals surface area contributed by atoms with Crippen molar-refractivity contribution in [1.29, 1.82) is 0 Å². The van der Waals surface area contributed by atoms with Crippen molar-refractivity contribution in [1.82, 2.24) is 20.4 Å². The number of nitrogens with zero attached hydrogens (tertiary/aromatic N) is 4. The molecule has 2 aromatic rings. The van der Waals surface area contributed by atoms with Crippen molar-refractivity contribution < 1.29 is 9.18 Å². The average Bonchev–Trinajstić information content (AvgIpc) is 3.41. The SMILES string of the molecule is O=C(NC1CC1)c1cc2c(nn1)N1CCN(Cc3ccc(F)cc3)CC1C2. The molecule has 1 saturated heterocycles. The molecule has 1 aliphatic carbocycles. The third-order valence-corrected chi connectivity index (χ3v) is 5.61. The van der Waals surface area contributed by atoms with E-state index in [1.54, 1.807) is 0 Å². The molecule has 3 heterocycles. The minimum atomic E-state index is -0.199. The molecule has 5 rings (SSSR count). The van der Waals surface area contributed by atoms with Gasteiger partial charge in [0, 0.05) is 43.8 Å². The van der Waals surface area contributed by atoms with E-state index in [1.165, 1.54) is 12.1 Å². The summed E-state index contributed by atoms with van der Waals surface area (Å²) >= 11 is 0. The zero-order chi connectivity index (χ0) is 18.4. The summed E-state index contributed by atoms with van der Waals surface area (Å²) in [6, 6.07) is 9.30. The minimum absolute atomic E-state index is 0.115. The number of benzene rings is 1. The molecule has 3 aliphatic rings. The van der Waals surface area contributed by atoms with Gasteiger partial charge in [0.1, 0.15) is 5.82 Å². The second-order valence-electron chi connectivity index (χ2n) is 7.74. The fourth-order valence-corrected chi connectivity index (χ4v) is 4.03. The maximum Gasteiger partial charge on any atom is 0.272 e. The van der Waals surface area contributed by atoms with Crippen LogP contribution in [0.15, 0.2) is 30.3 Å². The summed E-state index contributed by atoms with van der Waals surface area (Å²) in [7, 11) is 0. The largest absolute Gasteiger partial charge is 0.349 e. The molecule has 1 aromatic carbocycles. The Labute approximate surface area is 157 Å². The molecule has 6 nitrogen and oxygen atoms in total. The van der Waals surface area contributed by atoms with Gasteiger partial charge in [0.15, 0.2) is 11.5 Å². The predicted octanol–water partition coefficient (Wildman–Crippen LogP) is 1.75. The first-order chi connectivity index (χ1) is 13.2. The van der Waals surface area contributed by atoms with Gasteiger partial charge in [-0.25, -0.2) is 4.39 Å². The lowest BCUT2D eigenvalue weighted by molar-refractivity contribution is 0.0945. The minimum Gasteiger partial charge on any atom is -0.349 e. The lowest BCUT2D eigenvalue weighted by atomic mass is 10.1. The Morgan fingerprint density at radius 2 is 2.00 bits per heavy atom. The van der Waals surface area contributed by atoms with Gasteiger partial charge in [-0.15, -0.1) is 10.2 Å². The van der Waals surface area contributed by atoms with E-state index in [-0.39, 0.29) is 11.7 Å². The van der Waals surface area contributed by atoms with Gasteiger partial charge in [0.2, 0.25) is 0 Å². The van der Waals surface area contributed by atoms with E-state index in [2.05, 4.69) is 25.3 Å². The first-order valence-corrected chi connectivity index (χ1v) is 9.56. The van der Waals surface area contributed by atoms with Crippen molar-refractivity contribution in [3.8, 4) is 0 Å². The number of fused-ring (bicyclic) bond motifs is 3. The van der Waals surface area contributed by atoms with Crippen LogP contribution in [0.3, 0.4) is 0 Å². The number of hydrogen-bond acceptors (Lipinski definition) is 5. The van der Waals surface area contributed by atoms with E-state index in [4.69, 9.17) is 0 Å². The predicted molar refractivity (Wildman–Crippen MR) is 99.0 cm³/mol. The number of hydrogen-bond donors (Lipinski definition) is 1. The normalized spacial score (nSPS) is 21.7. The molecule has 2 fully saturated rings. The number of nitrogens with one attached hydrogen (secondary N) is 1. The maximum atomic E-state index is 13.1. The highest BCUT2D eigenvalue weighted by Crippen LogP contribution is 2.32. The number of carbonyl (C=O) groups is 1. The van der Waals surface area contributed by atoms with Crippen LogP contribution in [0.5, 0.6) is 0 Å². The Balaban J connectivity index is 1.26. The van der Waals surface area contributed by atoms with Gasteiger partial charge in [-0.3, -0.25) is 9.69 Å². The molecule has 0 radical (unpaired) electrons. The molecule has 27 heavy (non-hydrogen) atoms. The highest BCUT2D eigenvalue weighted by Gasteiger charge is 2.36. The Morgan fingerprint density at radius 1 is 1.19 bits per heavy atom. The highest BCUT2D eigenvalue weighted by atomic mass is 19.1. The molecule has 7 heteroatoms. The van der Waals surface area contributed by atoms with Gasteiger partial charge in [-0.2, -0.15) is 0 Å². The Hall–Kier alpha value is -2.54. The van der Waals surface area contributed by atoms with Gasteiger partial charge in [-0.1, -0.05) is 12.1 Å². The number of rotatable bonds is 4. The maximum absolute atomic E-state index is 13.1. The van der Waals surface area contributed by atoms with Crippen molar-refractivity contribution in [2.45, 2.75) is 37.9 Å². The fourth-order valence-electron chi connectivity index (χ4n) is 4.03. The molecule has 1 atom stereocenters. The van der Waals surface area contributed by atoms with Crippen LogP contribution in [0.1, 0.15) is 34.5 Å². The zero-order valence-corrected chi connectivity index (χ0v) is 15.1. The molecule has 1 unspecified atom stereocenters. The first-order valence-electron chi connectivity index (χ1n) is 9.56. The van der Waals surface area contributed by atoms with Crippen LogP contribution in [0.4, 0.5) is 10.2 Å². The van der Waals surface area contributed by atoms with Crippen LogP contribution < -0.4 is 10.2 Å². The van der Waals surface area contributed by atoms with Gasteiger partial charge < -0.3 is 10.2 Å². The van der Waals surface area contributed by atoms with Crippen molar-refractivity contribution >= 4 is 11.7 Å². The lowest BCUT2D eigenvalue weighted by Crippen LogP contribution is -2.51. The van der Waals surface area contributed by atoms with Crippen LogP contribution in [0.25, 0.3) is 0 Å². The van der Waals surface area contributed by atoms with Crippen LogP contribution in [-0.4, -0.2) is 52.7 Å². The molecule has 1 saturated carbocycles. The van der Waals surface area contributed by atoms with E-state index in [0.717, 1.165) is 62.4 Å². The van der Waals surface area contributed by atoms with Crippen LogP contribution in [0.2, 0.25) is 0 Å². The average molecular weight is 367 g/mol. The summed E-state index contributed by atoms with van der Waals surface area (Å²) in [5, 5.41) is 11.5. The van der Waals surface area contributed by atoms with E-state index < -0.39 is 0 Å². The Morgan fingerprint density at radius 3 is 2.78 bits per heavy atom. The smallest absolute Gasteiger partial charge is 0.272 e. The fraction of sp³-hybridized carbons (Fsp3) is 0.450. The van der Waals surface area contributed by atoms with Crippen LogP contribution in [0, 0.1) is 5.82 Å². The monoisotopic (exact) mass is 367 g/mol. The standard InChI is InChI=1S/C20H22FN5O/c21-15-3-1-13(2-4-15)11-25-7-8-26-17(12-25)9-14-10-18(23-24-19(14)26)20(27)22-16-5-6-16/h1-4,10,16-17H,5-9,11-12H2,(H,22,27). The summed E-state index contributed by atoms with van der Waals surface area (Å²) in [5.41, 5.74) is 2.66. The lowest BCUT2D eigenvalue weighted by Gasteiger charge is -2.38. The molecular formula is C20H22FN5O. The van der Waals surface area contributed by atoms with Gasteiger partial charge in [0.25, 0.3) is 5.91 Å². The summed E-state index contributed by atoms with van der Waals surface area (Å²) in [6.07, 6.45) is 3.00. The second-order valence-corrected chi connectivity index (χ2v) is 7.74. The van der Waals surface area contributed by atoms with Crippen molar-refractivity contribution in [3.05, 3.63) is 53.0 Å². The topological polar surface area (TPSA) is 61.4 Å². The molecule has 0 spiro atoms. The van der Waals surface area contributed by atoms with Crippen LogP contribution in [-0.2, 0) is 13.0 Å². The number of anilines is 1. The molecule has 1 aromatic heterocycles. The quantitative estimate of drug-likeness (QED) is 0.892. The van der Waals surface area contributed by atoms with Gasteiger partial charge in [0.05, 0.1) is 0 Å². The van der Waals surface area contributed by atoms with Crippen molar-refractivity contribution in [2.75, 3.05) is 24.5 Å². The first kappa shape index (κ1) is 16.6. The van der Waals surface area contributed by atoms with E-state index in [9.17, 15) is 9.18 Å². The number of amides is 1. The molecule has 140 valence electrons. The van der Waals surface area contributed by atoms with Crippen molar-refractivity contribution in [2.24, 2.45) is 0 Å². The molecule has 0 bridgehead atoms. The molecular weight excluding hydrogens is 345 g/mol. The number of aromatic nitrogens is 2. The van der Waals surface area contributed by atoms with Gasteiger partial charge >= 0.3 is 0 Å². The molecule has 2 aliphatic heterocycles. The number of carbonyl (C=O) groups excluding carboxylic acids is 1. The summed E-state index contributed by atoms with van der Waals surface area (Å²) in [4.78, 5) is 16.9. The Bertz CT molecular complexity index is 867. The zero-order valence-electron chi connectivity index (χ0n) is 15.1. The van der Waals surface area contributed by atoms with Gasteiger partial charge in [-0.05, 0) is 43.0 Å². The van der Waals surface area contributed by atoms with E-state index >= 15 is 0 Å². The van der Waals surface area contributed by atoms with E-state index in [0.29, 0.717) is 17.8 Å². The molecule has 1 amide bonds. The summed E-state index contributed by atoms with van der Waals surface area (Å²) in [5.74, 6) is 0.606. The second kappa shape index (κ2) is 6.56. The highest BCUT2D eigenvalue weighted by molar-refractivity contribution is 5.93. The van der Waals surface area contributed by atoms with E-state index in [1.807, 2.05) is 18.2 Å². The Kier molecular flexibility index (Phi) is 4.04. The summed E-state index contributed by atoms with van der Waals surface area (Å²) < 4.78 is 13.1. The third kappa shape index (κ3) is 3.39. The third-order valence-electron chi connectivity index (χ3n) is 5.61. The molecule has 1 N–H and O–H groups in total. The van der Waals surface area contributed by atoms with Crippen molar-refractivity contribution in [3.63, 3.8) is 0 Å². The summed E-state index contributed by atoms with van der Waals surface area (Å²) in [6.45, 7) is 3.57. The van der Waals surface area contributed by atoms with Crippen LogP contribution >= 0.6 is 0 Å². The number of piperazine rings is 1.